The van der Waals surface area contributed by atoms with E-state index in [0.717, 1.165) is 45.0 Å². The number of piperazine rings is 1. The SMILES string of the molecule is c1ccc(C2COCC3CN(Cc4cnc(-c5ccco5)nc4)CCN32)cc1. The Kier molecular flexibility index (Phi) is 4.91. The van der Waals surface area contributed by atoms with Crippen molar-refractivity contribution in [3.63, 3.8) is 0 Å². The Morgan fingerprint density at radius 2 is 1.82 bits per heavy atom. The van der Waals surface area contributed by atoms with Crippen molar-refractivity contribution in [2.45, 2.75) is 18.6 Å². The van der Waals surface area contributed by atoms with Crippen molar-refractivity contribution in [2.24, 2.45) is 0 Å². The molecule has 3 aromatic rings. The van der Waals surface area contributed by atoms with Gasteiger partial charge in [0.25, 0.3) is 0 Å². The number of ether oxygens (including phenoxy) is 1. The molecule has 1 aromatic carbocycles. The molecule has 28 heavy (non-hydrogen) atoms. The van der Waals surface area contributed by atoms with E-state index in [4.69, 9.17) is 9.15 Å². The average molecular weight is 376 g/mol. The second kappa shape index (κ2) is 7.83. The quantitative estimate of drug-likeness (QED) is 0.698. The first-order chi connectivity index (χ1) is 13.9. The lowest BCUT2D eigenvalue weighted by molar-refractivity contribution is -0.0836. The predicted molar refractivity (Wildman–Crippen MR) is 106 cm³/mol. The smallest absolute Gasteiger partial charge is 0.195 e. The fourth-order valence-corrected chi connectivity index (χ4v) is 4.24. The predicted octanol–water partition coefficient (Wildman–Crippen LogP) is 2.99. The summed E-state index contributed by atoms with van der Waals surface area (Å²) < 4.78 is 11.3. The summed E-state index contributed by atoms with van der Waals surface area (Å²) in [6.07, 6.45) is 5.45. The molecule has 2 aliphatic heterocycles. The number of hydrogen-bond acceptors (Lipinski definition) is 6. The van der Waals surface area contributed by atoms with Crippen molar-refractivity contribution in [1.82, 2.24) is 19.8 Å². The van der Waals surface area contributed by atoms with Gasteiger partial charge in [-0.15, -0.1) is 0 Å². The maximum Gasteiger partial charge on any atom is 0.195 e. The van der Waals surface area contributed by atoms with E-state index in [2.05, 4.69) is 50.1 Å². The fourth-order valence-electron chi connectivity index (χ4n) is 4.24. The largest absolute Gasteiger partial charge is 0.461 e. The Morgan fingerprint density at radius 3 is 2.61 bits per heavy atom. The highest BCUT2D eigenvalue weighted by atomic mass is 16.5. The summed E-state index contributed by atoms with van der Waals surface area (Å²) in [5.74, 6) is 1.33. The lowest BCUT2D eigenvalue weighted by atomic mass is 10.00. The van der Waals surface area contributed by atoms with Gasteiger partial charge in [0.1, 0.15) is 0 Å². The normalized spacial score (nSPS) is 23.4. The van der Waals surface area contributed by atoms with Gasteiger partial charge in [-0.2, -0.15) is 0 Å². The molecule has 0 aliphatic carbocycles. The summed E-state index contributed by atoms with van der Waals surface area (Å²) >= 11 is 0. The molecule has 2 aliphatic rings. The van der Waals surface area contributed by atoms with Crippen LogP contribution in [0.4, 0.5) is 0 Å². The van der Waals surface area contributed by atoms with E-state index >= 15 is 0 Å². The van der Waals surface area contributed by atoms with E-state index in [0.29, 0.717) is 23.7 Å². The van der Waals surface area contributed by atoms with Crippen LogP contribution in [-0.4, -0.2) is 58.7 Å². The number of furan rings is 1. The van der Waals surface area contributed by atoms with Gasteiger partial charge in [-0.3, -0.25) is 9.80 Å². The first-order valence-corrected chi connectivity index (χ1v) is 9.82. The van der Waals surface area contributed by atoms with Crippen LogP contribution in [0.2, 0.25) is 0 Å². The summed E-state index contributed by atoms with van der Waals surface area (Å²) in [5.41, 5.74) is 2.47. The highest BCUT2D eigenvalue weighted by Crippen LogP contribution is 2.30. The third kappa shape index (κ3) is 3.58. The van der Waals surface area contributed by atoms with Crippen LogP contribution in [0.1, 0.15) is 17.2 Å². The second-order valence-electron chi connectivity index (χ2n) is 7.48. The highest BCUT2D eigenvalue weighted by molar-refractivity contribution is 5.45. The number of fused-ring (bicyclic) bond motifs is 1. The van der Waals surface area contributed by atoms with Gasteiger partial charge in [-0.25, -0.2) is 9.97 Å². The van der Waals surface area contributed by atoms with Gasteiger partial charge in [0.15, 0.2) is 11.6 Å². The Bertz CT molecular complexity index is 883. The number of rotatable bonds is 4. The standard InChI is InChI=1S/C22H24N4O2/c1-2-5-18(6-3-1)20-16-27-15-19-14-25(8-9-26(19)20)13-17-11-23-22(24-12-17)21-7-4-10-28-21/h1-7,10-12,19-20H,8-9,13-16H2. The van der Waals surface area contributed by atoms with Gasteiger partial charge in [0, 0.05) is 50.2 Å². The third-order valence-corrected chi connectivity index (χ3v) is 5.64. The molecule has 2 fully saturated rings. The number of morpholine rings is 1. The van der Waals surface area contributed by atoms with Crippen LogP contribution < -0.4 is 0 Å². The van der Waals surface area contributed by atoms with E-state index in [1.807, 2.05) is 24.5 Å². The topological polar surface area (TPSA) is 54.6 Å². The Hall–Kier alpha value is -2.54. The van der Waals surface area contributed by atoms with Gasteiger partial charge in [0.2, 0.25) is 0 Å². The molecule has 2 aromatic heterocycles. The number of benzene rings is 1. The van der Waals surface area contributed by atoms with Crippen molar-refractivity contribution in [3.05, 3.63) is 72.2 Å². The Balaban J connectivity index is 1.23. The molecule has 4 heterocycles. The molecule has 6 heteroatoms. The van der Waals surface area contributed by atoms with Crippen LogP contribution in [-0.2, 0) is 11.3 Å². The molecule has 144 valence electrons. The lowest BCUT2D eigenvalue weighted by Gasteiger charge is -2.48. The van der Waals surface area contributed by atoms with Gasteiger partial charge >= 0.3 is 0 Å². The minimum absolute atomic E-state index is 0.359. The molecule has 2 unspecified atom stereocenters. The average Bonchev–Trinajstić information content (AvgIpc) is 3.29. The molecule has 5 rings (SSSR count). The van der Waals surface area contributed by atoms with Crippen LogP contribution in [0.5, 0.6) is 0 Å². The lowest BCUT2D eigenvalue weighted by Crippen LogP contribution is -2.58. The molecule has 6 nitrogen and oxygen atoms in total. The van der Waals surface area contributed by atoms with Crippen LogP contribution in [0, 0.1) is 0 Å². The van der Waals surface area contributed by atoms with Gasteiger partial charge in [0.05, 0.1) is 25.5 Å². The maximum absolute atomic E-state index is 5.96. The molecular formula is C22H24N4O2. The minimum atomic E-state index is 0.359. The first-order valence-electron chi connectivity index (χ1n) is 9.82. The monoisotopic (exact) mass is 376 g/mol. The number of nitrogens with zero attached hydrogens (tertiary/aromatic N) is 4. The summed E-state index contributed by atoms with van der Waals surface area (Å²) in [7, 11) is 0. The molecule has 0 bridgehead atoms. The fraction of sp³-hybridized carbons (Fsp3) is 0.364. The Morgan fingerprint density at radius 1 is 0.964 bits per heavy atom. The van der Waals surface area contributed by atoms with Gasteiger partial charge < -0.3 is 9.15 Å². The zero-order valence-corrected chi connectivity index (χ0v) is 15.8. The van der Waals surface area contributed by atoms with Crippen molar-refractivity contribution >= 4 is 0 Å². The molecule has 0 N–H and O–H groups in total. The van der Waals surface area contributed by atoms with Crippen molar-refractivity contribution < 1.29 is 9.15 Å². The molecular weight excluding hydrogens is 352 g/mol. The zero-order chi connectivity index (χ0) is 18.8. The van der Waals surface area contributed by atoms with E-state index < -0.39 is 0 Å². The molecule has 2 saturated heterocycles. The van der Waals surface area contributed by atoms with Crippen LogP contribution in [0.3, 0.4) is 0 Å². The molecule has 0 saturated carbocycles. The second-order valence-corrected chi connectivity index (χ2v) is 7.48. The summed E-state index contributed by atoms with van der Waals surface area (Å²) in [5, 5.41) is 0. The summed E-state index contributed by atoms with van der Waals surface area (Å²) in [6, 6.07) is 15.2. The van der Waals surface area contributed by atoms with Crippen LogP contribution in [0.25, 0.3) is 11.6 Å². The molecule has 0 spiro atoms. The van der Waals surface area contributed by atoms with E-state index in [1.54, 1.807) is 6.26 Å². The van der Waals surface area contributed by atoms with Crippen LogP contribution in [0.15, 0.2) is 65.5 Å². The molecule has 2 atom stereocenters. The van der Waals surface area contributed by atoms with Crippen molar-refractivity contribution in [1.29, 1.82) is 0 Å². The van der Waals surface area contributed by atoms with Crippen molar-refractivity contribution in [2.75, 3.05) is 32.8 Å². The maximum atomic E-state index is 5.96. The highest BCUT2D eigenvalue weighted by Gasteiger charge is 2.36. The molecule has 0 amide bonds. The van der Waals surface area contributed by atoms with E-state index in [1.165, 1.54) is 5.56 Å². The number of aromatic nitrogens is 2. The van der Waals surface area contributed by atoms with Crippen molar-refractivity contribution in [3.8, 4) is 11.6 Å². The Labute approximate surface area is 164 Å². The zero-order valence-electron chi connectivity index (χ0n) is 15.8. The first kappa shape index (κ1) is 17.6. The van der Waals surface area contributed by atoms with Gasteiger partial charge in [-0.05, 0) is 17.7 Å². The summed E-state index contributed by atoms with van der Waals surface area (Å²) in [6.45, 7) is 5.54. The van der Waals surface area contributed by atoms with E-state index in [9.17, 15) is 0 Å². The van der Waals surface area contributed by atoms with Crippen LogP contribution >= 0.6 is 0 Å². The third-order valence-electron chi connectivity index (χ3n) is 5.64. The summed E-state index contributed by atoms with van der Waals surface area (Å²) in [4.78, 5) is 14.0. The molecule has 0 radical (unpaired) electrons. The minimum Gasteiger partial charge on any atom is -0.461 e. The number of hydrogen-bond donors (Lipinski definition) is 0. The van der Waals surface area contributed by atoms with Gasteiger partial charge in [-0.1, -0.05) is 30.3 Å². The van der Waals surface area contributed by atoms with E-state index in [-0.39, 0.29) is 0 Å².